The Morgan fingerprint density at radius 2 is 2.12 bits per heavy atom. The number of esters is 1. The molecule has 0 amide bonds. The number of rotatable bonds is 5. The molecule has 0 N–H and O–H groups in total. The van der Waals surface area contributed by atoms with Crippen LogP contribution in [0.3, 0.4) is 0 Å². The molecule has 0 aliphatic carbocycles. The van der Waals surface area contributed by atoms with Crippen molar-refractivity contribution in [3.63, 3.8) is 0 Å². The summed E-state index contributed by atoms with van der Waals surface area (Å²) in [6.45, 7) is 3.74. The van der Waals surface area contributed by atoms with Crippen molar-refractivity contribution >= 4 is 27.4 Å². The van der Waals surface area contributed by atoms with E-state index in [1.54, 1.807) is 32.2 Å². The molecule has 0 unspecified atom stereocenters. The van der Waals surface area contributed by atoms with Crippen LogP contribution in [0.5, 0.6) is 11.5 Å². The van der Waals surface area contributed by atoms with Gasteiger partial charge in [0.15, 0.2) is 5.75 Å². The first-order valence-electron chi connectivity index (χ1n) is 7.82. The highest BCUT2D eigenvalue weighted by atomic mass is 79.9. The number of fused-ring (bicyclic) bond motifs is 1. The first kappa shape index (κ1) is 18.3. The quantitative estimate of drug-likeness (QED) is 0.520. The number of benzene rings is 1. The first-order chi connectivity index (χ1) is 12.4. The Labute approximate surface area is 156 Å². The summed E-state index contributed by atoms with van der Waals surface area (Å²) in [5.41, 5.74) is 1.42. The highest BCUT2D eigenvalue weighted by Crippen LogP contribution is 2.34. The third kappa shape index (κ3) is 3.41. The summed E-state index contributed by atoms with van der Waals surface area (Å²) in [5.74, 6) is 0.204. The van der Waals surface area contributed by atoms with E-state index in [0.717, 1.165) is 0 Å². The van der Waals surface area contributed by atoms with Crippen LogP contribution >= 0.6 is 15.9 Å². The smallest absolute Gasteiger partial charge is 0.340 e. The topological polar surface area (TPSA) is 52.8 Å². The van der Waals surface area contributed by atoms with E-state index in [0.29, 0.717) is 26.9 Å². The Balaban J connectivity index is 2.04. The number of carbonyl (C=O) groups is 1. The van der Waals surface area contributed by atoms with E-state index in [1.165, 1.54) is 22.8 Å². The molecule has 5 nitrogen and oxygen atoms in total. The average molecular weight is 425 g/mol. The van der Waals surface area contributed by atoms with Crippen LogP contribution in [0.15, 0.2) is 41.1 Å². The molecule has 0 atom stereocenters. The number of hydrogen-bond acceptors (Lipinski definition) is 4. The zero-order valence-corrected chi connectivity index (χ0v) is 15.6. The third-order valence-corrected chi connectivity index (χ3v) is 4.54. The molecule has 2 heterocycles. The molecule has 26 heavy (non-hydrogen) atoms. The summed E-state index contributed by atoms with van der Waals surface area (Å²) in [6.07, 6.45) is 0.432. The summed E-state index contributed by atoms with van der Waals surface area (Å²) in [5, 5.41) is 4.17. The minimum absolute atomic E-state index is 0.160. The van der Waals surface area contributed by atoms with Crippen LogP contribution in [0.4, 0.5) is 8.78 Å². The van der Waals surface area contributed by atoms with Gasteiger partial charge in [-0.05, 0) is 37.6 Å². The average Bonchev–Trinajstić information content (AvgIpc) is 2.94. The van der Waals surface area contributed by atoms with Crippen LogP contribution in [0, 0.1) is 6.92 Å². The molecule has 0 bridgehead atoms. The Hall–Kier alpha value is -2.48. The molecule has 0 aliphatic rings. The van der Waals surface area contributed by atoms with Crippen LogP contribution in [-0.4, -0.2) is 22.2 Å². The molecular weight excluding hydrogens is 410 g/mol. The number of halogens is 3. The predicted octanol–water partition coefficient (Wildman–Crippen LogP) is 5.31. The largest absolute Gasteiger partial charge is 0.462 e. The SMILES string of the molecule is CCOC(=O)c1cn2nccc(Oc3ccc(Br)c(C(F)F)c3)c2c1C. The van der Waals surface area contributed by atoms with E-state index >= 15 is 0 Å². The van der Waals surface area contributed by atoms with Crippen molar-refractivity contribution in [1.29, 1.82) is 0 Å². The monoisotopic (exact) mass is 424 g/mol. The van der Waals surface area contributed by atoms with E-state index in [9.17, 15) is 13.6 Å². The molecule has 0 saturated carbocycles. The van der Waals surface area contributed by atoms with E-state index in [4.69, 9.17) is 9.47 Å². The van der Waals surface area contributed by atoms with Crippen molar-refractivity contribution in [2.75, 3.05) is 6.61 Å². The van der Waals surface area contributed by atoms with Crippen molar-refractivity contribution in [2.45, 2.75) is 20.3 Å². The summed E-state index contributed by atoms with van der Waals surface area (Å²) < 4.78 is 38.8. The number of aryl methyl sites for hydroxylation is 1. The molecular formula is C18H15BrF2N2O3. The summed E-state index contributed by atoms with van der Waals surface area (Å²) in [7, 11) is 0. The van der Waals surface area contributed by atoms with E-state index in [-0.39, 0.29) is 17.9 Å². The second-order valence-corrected chi connectivity index (χ2v) is 6.32. The highest BCUT2D eigenvalue weighted by molar-refractivity contribution is 9.10. The van der Waals surface area contributed by atoms with Gasteiger partial charge in [-0.3, -0.25) is 0 Å². The molecule has 136 valence electrons. The second kappa shape index (κ2) is 7.41. The normalized spacial score (nSPS) is 11.2. The van der Waals surface area contributed by atoms with Gasteiger partial charge >= 0.3 is 5.97 Å². The zero-order chi connectivity index (χ0) is 18.8. The second-order valence-electron chi connectivity index (χ2n) is 5.46. The van der Waals surface area contributed by atoms with Gasteiger partial charge in [0.05, 0.1) is 18.4 Å². The predicted molar refractivity (Wildman–Crippen MR) is 95.1 cm³/mol. The van der Waals surface area contributed by atoms with E-state index in [2.05, 4.69) is 21.0 Å². The van der Waals surface area contributed by atoms with Gasteiger partial charge in [0, 0.05) is 22.3 Å². The molecule has 0 spiro atoms. The Morgan fingerprint density at radius 3 is 2.81 bits per heavy atom. The molecule has 1 aromatic carbocycles. The van der Waals surface area contributed by atoms with Gasteiger partial charge in [-0.15, -0.1) is 0 Å². The molecule has 3 rings (SSSR count). The maximum Gasteiger partial charge on any atom is 0.340 e. The lowest BCUT2D eigenvalue weighted by atomic mass is 10.2. The fourth-order valence-electron chi connectivity index (χ4n) is 2.60. The van der Waals surface area contributed by atoms with Crippen molar-refractivity contribution in [2.24, 2.45) is 0 Å². The molecule has 0 fully saturated rings. The van der Waals surface area contributed by atoms with E-state index < -0.39 is 12.4 Å². The maximum atomic E-state index is 13.1. The number of nitrogens with zero attached hydrogens (tertiary/aromatic N) is 2. The number of ether oxygens (including phenoxy) is 2. The zero-order valence-electron chi connectivity index (χ0n) is 14.0. The van der Waals surface area contributed by atoms with Gasteiger partial charge in [-0.1, -0.05) is 15.9 Å². The van der Waals surface area contributed by atoms with Gasteiger partial charge in [0.25, 0.3) is 6.43 Å². The van der Waals surface area contributed by atoms with Crippen LogP contribution in [-0.2, 0) is 4.74 Å². The fraction of sp³-hybridized carbons (Fsp3) is 0.222. The molecule has 0 radical (unpaired) electrons. The first-order valence-corrected chi connectivity index (χ1v) is 8.61. The van der Waals surface area contributed by atoms with Crippen LogP contribution in [0.1, 0.15) is 34.8 Å². The molecule has 0 aliphatic heterocycles. The number of hydrogen-bond donors (Lipinski definition) is 0. The number of alkyl halides is 2. The van der Waals surface area contributed by atoms with Crippen LogP contribution in [0.25, 0.3) is 5.52 Å². The number of carbonyl (C=O) groups excluding carboxylic acids is 1. The van der Waals surface area contributed by atoms with Crippen molar-refractivity contribution in [3.05, 3.63) is 57.8 Å². The maximum absolute atomic E-state index is 13.1. The number of aromatic nitrogens is 2. The summed E-state index contributed by atoms with van der Waals surface area (Å²) >= 11 is 3.10. The Kier molecular flexibility index (Phi) is 5.22. The van der Waals surface area contributed by atoms with Crippen LogP contribution in [0.2, 0.25) is 0 Å². The van der Waals surface area contributed by atoms with Crippen molar-refractivity contribution in [3.8, 4) is 11.5 Å². The minimum atomic E-state index is -2.63. The van der Waals surface area contributed by atoms with Crippen molar-refractivity contribution in [1.82, 2.24) is 9.61 Å². The Morgan fingerprint density at radius 1 is 1.35 bits per heavy atom. The molecule has 0 saturated heterocycles. The van der Waals surface area contributed by atoms with Gasteiger partial charge < -0.3 is 9.47 Å². The molecule has 8 heteroatoms. The van der Waals surface area contributed by atoms with Gasteiger partial charge in [-0.2, -0.15) is 5.10 Å². The van der Waals surface area contributed by atoms with Crippen LogP contribution < -0.4 is 4.74 Å². The summed E-state index contributed by atoms with van der Waals surface area (Å²) in [6, 6.07) is 5.97. The summed E-state index contributed by atoms with van der Waals surface area (Å²) in [4.78, 5) is 12.1. The lowest BCUT2D eigenvalue weighted by molar-refractivity contribution is 0.0525. The lowest BCUT2D eigenvalue weighted by Gasteiger charge is -2.10. The van der Waals surface area contributed by atoms with E-state index in [1.807, 2.05) is 0 Å². The highest BCUT2D eigenvalue weighted by Gasteiger charge is 2.19. The minimum Gasteiger partial charge on any atom is -0.462 e. The lowest BCUT2D eigenvalue weighted by Crippen LogP contribution is -2.04. The molecule has 2 aromatic heterocycles. The van der Waals surface area contributed by atoms with Crippen molar-refractivity contribution < 1.29 is 23.0 Å². The molecule has 3 aromatic rings. The Bertz CT molecular complexity index is 972. The standard InChI is InChI=1S/C18H15BrF2N2O3/c1-3-25-18(24)13-9-23-16(10(13)2)15(6-7-22-23)26-11-4-5-14(19)12(8-11)17(20)21/h4-9,17H,3H2,1-2H3. The third-order valence-electron chi connectivity index (χ3n) is 3.82. The van der Waals surface area contributed by atoms with Gasteiger partial charge in [-0.25, -0.2) is 18.1 Å². The van der Waals surface area contributed by atoms with Gasteiger partial charge in [0.1, 0.15) is 11.3 Å². The van der Waals surface area contributed by atoms with Gasteiger partial charge in [0.2, 0.25) is 0 Å². The fourth-order valence-corrected chi connectivity index (χ4v) is 3.02.